The maximum Gasteiger partial charge on any atom is 0.265 e. The summed E-state index contributed by atoms with van der Waals surface area (Å²) in [5.41, 5.74) is 2.94. The van der Waals surface area contributed by atoms with Gasteiger partial charge in [-0.05, 0) is 67.3 Å². The fourth-order valence-corrected chi connectivity index (χ4v) is 3.46. The van der Waals surface area contributed by atoms with E-state index < -0.39 is 6.10 Å². The minimum absolute atomic E-state index is 0.180. The average molecular weight is 418 g/mol. The molecule has 4 rings (SSSR count). The first-order chi connectivity index (χ1) is 15.2. The number of carbonyl (C=O) groups excluding carboxylic acids is 1. The van der Waals surface area contributed by atoms with Gasteiger partial charge in [-0.15, -0.1) is 0 Å². The lowest BCUT2D eigenvalue weighted by Crippen LogP contribution is -2.30. The van der Waals surface area contributed by atoms with Crippen LogP contribution in [-0.2, 0) is 9.53 Å². The average Bonchev–Trinajstić information content (AvgIpc) is 3.33. The summed E-state index contributed by atoms with van der Waals surface area (Å²) in [6.45, 7) is 3.11. The van der Waals surface area contributed by atoms with Crippen molar-refractivity contribution in [3.05, 3.63) is 78.9 Å². The normalized spacial score (nSPS) is 16.5. The lowest BCUT2D eigenvalue weighted by Gasteiger charge is -2.16. The summed E-state index contributed by atoms with van der Waals surface area (Å²) in [6.07, 6.45) is 1.69. The maximum atomic E-state index is 12.5. The Hall–Kier alpha value is -3.31. The van der Waals surface area contributed by atoms with E-state index in [-0.39, 0.29) is 12.0 Å². The zero-order valence-corrected chi connectivity index (χ0v) is 17.6. The molecule has 0 aromatic heterocycles. The number of amides is 1. The standard InChI is InChI=1S/C26H27NO4/c1-19(31-24-13-9-21(10-14-24)20-6-3-2-4-7-20)26(28)27-22-11-15-23(16-12-22)30-18-25-8-5-17-29-25/h2-4,6-7,9-16,19,25H,5,8,17-18H2,1H3,(H,27,28)/t19-,25+/m1/s1. The zero-order valence-electron chi connectivity index (χ0n) is 17.6. The summed E-state index contributed by atoms with van der Waals surface area (Å²) in [6, 6.07) is 25.2. The molecular weight excluding hydrogens is 390 g/mol. The van der Waals surface area contributed by atoms with Crippen LogP contribution in [0.2, 0.25) is 0 Å². The Morgan fingerprint density at radius 2 is 1.65 bits per heavy atom. The predicted octanol–water partition coefficient (Wildman–Crippen LogP) is 5.32. The Balaban J connectivity index is 1.27. The fraction of sp³-hybridized carbons (Fsp3) is 0.269. The van der Waals surface area contributed by atoms with Crippen molar-refractivity contribution < 1.29 is 19.0 Å². The molecule has 5 nitrogen and oxygen atoms in total. The van der Waals surface area contributed by atoms with Crippen molar-refractivity contribution in [2.75, 3.05) is 18.5 Å². The molecule has 2 atom stereocenters. The predicted molar refractivity (Wildman–Crippen MR) is 122 cm³/mol. The van der Waals surface area contributed by atoms with Crippen LogP contribution in [-0.4, -0.2) is 31.3 Å². The van der Waals surface area contributed by atoms with E-state index in [1.165, 1.54) is 0 Å². The lowest BCUT2D eigenvalue weighted by atomic mass is 10.1. The van der Waals surface area contributed by atoms with Gasteiger partial charge >= 0.3 is 0 Å². The molecule has 5 heteroatoms. The molecule has 3 aromatic carbocycles. The van der Waals surface area contributed by atoms with Crippen molar-refractivity contribution in [1.29, 1.82) is 0 Å². The third-order valence-electron chi connectivity index (χ3n) is 5.23. The summed E-state index contributed by atoms with van der Waals surface area (Å²) in [4.78, 5) is 12.5. The number of hydrogen-bond donors (Lipinski definition) is 1. The minimum Gasteiger partial charge on any atom is -0.491 e. The first kappa shape index (κ1) is 20.9. The quantitative estimate of drug-likeness (QED) is 0.539. The Bertz CT molecular complexity index is 965. The molecule has 0 unspecified atom stereocenters. The topological polar surface area (TPSA) is 56.8 Å². The molecule has 31 heavy (non-hydrogen) atoms. The number of anilines is 1. The molecule has 1 fully saturated rings. The van der Waals surface area contributed by atoms with Gasteiger partial charge < -0.3 is 19.5 Å². The van der Waals surface area contributed by atoms with Gasteiger partial charge in [-0.1, -0.05) is 42.5 Å². The van der Waals surface area contributed by atoms with Gasteiger partial charge in [0.25, 0.3) is 5.91 Å². The molecule has 1 saturated heterocycles. The summed E-state index contributed by atoms with van der Waals surface area (Å²) < 4.78 is 17.1. The molecule has 0 radical (unpaired) electrons. The van der Waals surface area contributed by atoms with Gasteiger partial charge in [0.1, 0.15) is 18.1 Å². The Labute approximate surface area is 183 Å². The largest absolute Gasteiger partial charge is 0.491 e. The highest BCUT2D eigenvalue weighted by atomic mass is 16.5. The minimum atomic E-state index is -0.627. The van der Waals surface area contributed by atoms with Crippen molar-refractivity contribution in [2.45, 2.75) is 32.0 Å². The second-order valence-electron chi connectivity index (χ2n) is 7.61. The number of nitrogens with one attached hydrogen (secondary N) is 1. The van der Waals surface area contributed by atoms with Gasteiger partial charge in [0.2, 0.25) is 0 Å². The highest BCUT2D eigenvalue weighted by Crippen LogP contribution is 2.23. The van der Waals surface area contributed by atoms with E-state index in [1.807, 2.05) is 66.7 Å². The number of rotatable bonds is 8. The molecule has 160 valence electrons. The number of benzene rings is 3. The van der Waals surface area contributed by atoms with E-state index in [2.05, 4.69) is 17.4 Å². The molecule has 1 N–H and O–H groups in total. The van der Waals surface area contributed by atoms with Crippen LogP contribution in [0.1, 0.15) is 19.8 Å². The van der Waals surface area contributed by atoms with Gasteiger partial charge in [-0.25, -0.2) is 0 Å². The lowest BCUT2D eigenvalue weighted by molar-refractivity contribution is -0.122. The van der Waals surface area contributed by atoms with Crippen molar-refractivity contribution in [1.82, 2.24) is 0 Å². The zero-order chi connectivity index (χ0) is 21.5. The molecule has 1 aliphatic rings. The van der Waals surface area contributed by atoms with Crippen molar-refractivity contribution >= 4 is 11.6 Å². The molecule has 1 amide bonds. The van der Waals surface area contributed by atoms with Crippen molar-refractivity contribution in [3.63, 3.8) is 0 Å². The van der Waals surface area contributed by atoms with Gasteiger partial charge in [0, 0.05) is 12.3 Å². The van der Waals surface area contributed by atoms with Crippen molar-refractivity contribution in [2.24, 2.45) is 0 Å². The van der Waals surface area contributed by atoms with E-state index >= 15 is 0 Å². The van der Waals surface area contributed by atoms with Gasteiger partial charge in [-0.3, -0.25) is 4.79 Å². The highest BCUT2D eigenvalue weighted by molar-refractivity contribution is 5.94. The second-order valence-corrected chi connectivity index (χ2v) is 7.61. The molecule has 1 aliphatic heterocycles. The number of hydrogen-bond acceptors (Lipinski definition) is 4. The van der Waals surface area contributed by atoms with E-state index in [1.54, 1.807) is 6.92 Å². The van der Waals surface area contributed by atoms with Crippen LogP contribution < -0.4 is 14.8 Å². The molecule has 0 spiro atoms. The van der Waals surface area contributed by atoms with Gasteiger partial charge in [0.05, 0.1) is 6.10 Å². The summed E-state index contributed by atoms with van der Waals surface area (Å²) in [5.74, 6) is 1.21. The first-order valence-corrected chi connectivity index (χ1v) is 10.6. The molecule has 0 saturated carbocycles. The number of ether oxygens (including phenoxy) is 3. The Morgan fingerprint density at radius 1 is 0.968 bits per heavy atom. The summed E-state index contributed by atoms with van der Waals surface area (Å²) >= 11 is 0. The highest BCUT2D eigenvalue weighted by Gasteiger charge is 2.17. The van der Waals surface area contributed by atoms with Crippen LogP contribution in [0, 0.1) is 0 Å². The maximum absolute atomic E-state index is 12.5. The molecule has 0 bridgehead atoms. The van der Waals surface area contributed by atoms with E-state index in [4.69, 9.17) is 14.2 Å². The fourth-order valence-electron chi connectivity index (χ4n) is 3.46. The van der Waals surface area contributed by atoms with Crippen LogP contribution in [0.5, 0.6) is 11.5 Å². The van der Waals surface area contributed by atoms with Crippen LogP contribution in [0.25, 0.3) is 11.1 Å². The second kappa shape index (κ2) is 10.1. The third-order valence-corrected chi connectivity index (χ3v) is 5.23. The molecule has 1 heterocycles. The third kappa shape index (κ3) is 5.86. The van der Waals surface area contributed by atoms with E-state index in [0.29, 0.717) is 18.0 Å². The van der Waals surface area contributed by atoms with Crippen LogP contribution >= 0.6 is 0 Å². The molecule has 0 aliphatic carbocycles. The van der Waals surface area contributed by atoms with Gasteiger partial charge in [0.15, 0.2) is 6.10 Å². The van der Waals surface area contributed by atoms with E-state index in [9.17, 15) is 4.79 Å². The van der Waals surface area contributed by atoms with E-state index in [0.717, 1.165) is 36.3 Å². The summed E-state index contributed by atoms with van der Waals surface area (Å²) in [5, 5.41) is 2.88. The van der Waals surface area contributed by atoms with Gasteiger partial charge in [-0.2, -0.15) is 0 Å². The van der Waals surface area contributed by atoms with Crippen LogP contribution in [0.3, 0.4) is 0 Å². The van der Waals surface area contributed by atoms with Crippen LogP contribution in [0.4, 0.5) is 5.69 Å². The smallest absolute Gasteiger partial charge is 0.265 e. The SMILES string of the molecule is C[C@@H](Oc1ccc(-c2ccccc2)cc1)C(=O)Nc1ccc(OC[C@@H]2CCCO2)cc1. The monoisotopic (exact) mass is 417 g/mol. The Morgan fingerprint density at radius 3 is 2.32 bits per heavy atom. The van der Waals surface area contributed by atoms with Crippen molar-refractivity contribution in [3.8, 4) is 22.6 Å². The first-order valence-electron chi connectivity index (χ1n) is 10.6. The Kier molecular flexibility index (Phi) is 6.85. The summed E-state index contributed by atoms with van der Waals surface area (Å²) in [7, 11) is 0. The number of carbonyl (C=O) groups is 1. The molecular formula is C26H27NO4. The molecule has 3 aromatic rings. The van der Waals surface area contributed by atoms with Crippen LogP contribution in [0.15, 0.2) is 78.9 Å².